The summed E-state index contributed by atoms with van der Waals surface area (Å²) in [6.45, 7) is 1.76. The zero-order valence-electron chi connectivity index (χ0n) is 11.3. The number of aliphatic carboxylic acids is 1. The minimum atomic E-state index is -1.16. The molecule has 0 saturated heterocycles. The normalized spacial score (nSPS) is 12.1. The molecule has 0 saturated carbocycles. The Kier molecular flexibility index (Phi) is 6.43. The largest absolute Gasteiger partial charge is 0.480 e. The molecule has 1 amide bonds. The van der Waals surface area contributed by atoms with Crippen LogP contribution in [0.5, 0.6) is 0 Å². The Balaban J connectivity index is 2.62. The highest BCUT2D eigenvalue weighted by atomic mass is 79.9. The molecule has 3 N–H and O–H groups in total. The number of nitrogens with zero attached hydrogens (tertiary/aromatic N) is 1. The molecule has 0 radical (unpaired) electrons. The lowest BCUT2D eigenvalue weighted by Gasteiger charge is -2.08. The molecule has 0 bridgehead atoms. The standard InChI is InChI=1S/C14H14BrN3O3/c1-9(14(20)21)18-13(19)11(6-16)8-17-7-10-3-2-4-12(15)5-10/h2-5,8-9,17H,7H2,1H3,(H,18,19)(H,20,21)/b11-8-. The van der Waals surface area contributed by atoms with Crippen molar-refractivity contribution in [2.45, 2.75) is 19.5 Å². The van der Waals surface area contributed by atoms with Gasteiger partial charge in [0.05, 0.1) is 0 Å². The Morgan fingerprint density at radius 3 is 2.81 bits per heavy atom. The highest BCUT2D eigenvalue weighted by Gasteiger charge is 2.16. The van der Waals surface area contributed by atoms with Crippen LogP contribution in [0.3, 0.4) is 0 Å². The Hall–Kier alpha value is -2.33. The van der Waals surface area contributed by atoms with E-state index in [1.807, 2.05) is 24.3 Å². The van der Waals surface area contributed by atoms with Crippen LogP contribution in [-0.4, -0.2) is 23.0 Å². The predicted molar refractivity (Wildman–Crippen MR) is 79.9 cm³/mol. The van der Waals surface area contributed by atoms with E-state index in [0.29, 0.717) is 6.54 Å². The van der Waals surface area contributed by atoms with E-state index in [0.717, 1.165) is 10.0 Å². The van der Waals surface area contributed by atoms with E-state index in [1.54, 1.807) is 6.07 Å². The van der Waals surface area contributed by atoms with Crippen LogP contribution in [0.2, 0.25) is 0 Å². The van der Waals surface area contributed by atoms with Crippen molar-refractivity contribution in [1.29, 1.82) is 5.26 Å². The molecule has 0 aliphatic carbocycles. The molecule has 1 rings (SSSR count). The topological polar surface area (TPSA) is 102 Å². The van der Waals surface area contributed by atoms with Crippen LogP contribution >= 0.6 is 15.9 Å². The van der Waals surface area contributed by atoms with Crippen molar-refractivity contribution >= 4 is 27.8 Å². The fourth-order valence-electron chi connectivity index (χ4n) is 1.40. The first kappa shape index (κ1) is 16.7. The van der Waals surface area contributed by atoms with Crippen molar-refractivity contribution in [1.82, 2.24) is 10.6 Å². The number of benzene rings is 1. The number of carbonyl (C=O) groups excluding carboxylic acids is 1. The summed E-state index contributed by atoms with van der Waals surface area (Å²) in [6, 6.07) is 8.23. The van der Waals surface area contributed by atoms with Crippen LogP contribution in [0.25, 0.3) is 0 Å². The summed E-state index contributed by atoms with van der Waals surface area (Å²) in [7, 11) is 0. The van der Waals surface area contributed by atoms with Gasteiger partial charge in [0.2, 0.25) is 0 Å². The smallest absolute Gasteiger partial charge is 0.325 e. The summed E-state index contributed by atoms with van der Waals surface area (Å²) in [6.07, 6.45) is 1.27. The van der Waals surface area contributed by atoms with Crippen molar-refractivity contribution < 1.29 is 14.7 Å². The van der Waals surface area contributed by atoms with Crippen LogP contribution in [0, 0.1) is 11.3 Å². The van der Waals surface area contributed by atoms with Gasteiger partial charge in [0.15, 0.2) is 0 Å². The minimum absolute atomic E-state index is 0.182. The van der Waals surface area contributed by atoms with Crippen molar-refractivity contribution in [3.63, 3.8) is 0 Å². The molecule has 1 aromatic rings. The summed E-state index contributed by atoms with van der Waals surface area (Å²) in [5.41, 5.74) is 0.787. The Morgan fingerprint density at radius 2 is 2.24 bits per heavy atom. The average molecular weight is 352 g/mol. The molecular weight excluding hydrogens is 338 g/mol. The quantitative estimate of drug-likeness (QED) is 0.532. The van der Waals surface area contributed by atoms with Gasteiger partial charge in [-0.05, 0) is 24.6 Å². The first-order valence-electron chi connectivity index (χ1n) is 6.05. The highest BCUT2D eigenvalue weighted by Crippen LogP contribution is 2.11. The van der Waals surface area contributed by atoms with Gasteiger partial charge in [-0.2, -0.15) is 5.26 Å². The van der Waals surface area contributed by atoms with Crippen LogP contribution in [-0.2, 0) is 16.1 Å². The fourth-order valence-corrected chi connectivity index (χ4v) is 1.85. The lowest BCUT2D eigenvalue weighted by atomic mass is 10.2. The molecule has 6 nitrogen and oxygen atoms in total. The molecule has 21 heavy (non-hydrogen) atoms. The number of amides is 1. The number of nitriles is 1. The second-order valence-corrected chi connectivity index (χ2v) is 5.13. The van der Waals surface area contributed by atoms with Crippen LogP contribution in [0.15, 0.2) is 40.5 Å². The Labute approximate surface area is 130 Å². The molecule has 1 atom stereocenters. The number of carboxylic acid groups (broad SMARTS) is 1. The zero-order chi connectivity index (χ0) is 15.8. The number of hydrogen-bond donors (Lipinski definition) is 3. The number of carbonyl (C=O) groups is 2. The maximum atomic E-state index is 11.7. The van der Waals surface area contributed by atoms with Crippen molar-refractivity contribution in [2.24, 2.45) is 0 Å². The number of rotatable bonds is 6. The maximum Gasteiger partial charge on any atom is 0.325 e. The van der Waals surface area contributed by atoms with Crippen LogP contribution < -0.4 is 10.6 Å². The molecule has 0 aromatic heterocycles. The van der Waals surface area contributed by atoms with Gasteiger partial charge in [-0.25, -0.2) is 0 Å². The van der Waals surface area contributed by atoms with E-state index in [-0.39, 0.29) is 5.57 Å². The van der Waals surface area contributed by atoms with E-state index in [1.165, 1.54) is 13.1 Å². The third kappa shape index (κ3) is 5.67. The Morgan fingerprint density at radius 1 is 1.52 bits per heavy atom. The van der Waals surface area contributed by atoms with Crippen molar-refractivity contribution in [3.05, 3.63) is 46.1 Å². The molecule has 0 heterocycles. The number of nitrogens with one attached hydrogen (secondary N) is 2. The molecule has 0 aliphatic rings. The van der Waals surface area contributed by atoms with Gasteiger partial charge in [-0.1, -0.05) is 28.1 Å². The third-order valence-corrected chi connectivity index (χ3v) is 3.02. The molecule has 110 valence electrons. The average Bonchev–Trinajstić information content (AvgIpc) is 2.43. The SMILES string of the molecule is CC(NC(=O)/C(C#N)=C\NCc1cccc(Br)c1)C(=O)O. The van der Waals surface area contributed by atoms with Crippen LogP contribution in [0.4, 0.5) is 0 Å². The summed E-state index contributed by atoms with van der Waals surface area (Å²) in [5, 5.41) is 22.7. The van der Waals surface area contributed by atoms with Gasteiger partial charge < -0.3 is 15.7 Å². The second kappa shape index (κ2) is 8.07. The first-order valence-corrected chi connectivity index (χ1v) is 6.85. The summed E-state index contributed by atoms with van der Waals surface area (Å²) in [5.74, 6) is -1.89. The number of hydrogen-bond acceptors (Lipinski definition) is 4. The summed E-state index contributed by atoms with van der Waals surface area (Å²) in [4.78, 5) is 22.3. The fraction of sp³-hybridized carbons (Fsp3) is 0.214. The molecule has 7 heteroatoms. The summed E-state index contributed by atoms with van der Waals surface area (Å²) < 4.78 is 0.930. The van der Waals surface area contributed by atoms with Gasteiger partial charge in [-0.15, -0.1) is 0 Å². The van der Waals surface area contributed by atoms with Crippen molar-refractivity contribution in [2.75, 3.05) is 0 Å². The van der Waals surface area contributed by atoms with Gasteiger partial charge in [0.25, 0.3) is 5.91 Å². The maximum absolute atomic E-state index is 11.7. The predicted octanol–water partition coefficient (Wildman–Crippen LogP) is 1.54. The van der Waals surface area contributed by atoms with E-state index in [2.05, 4.69) is 26.6 Å². The molecule has 0 fully saturated rings. The number of carboxylic acids is 1. The molecular formula is C14H14BrN3O3. The minimum Gasteiger partial charge on any atom is -0.480 e. The van der Waals surface area contributed by atoms with Gasteiger partial charge >= 0.3 is 5.97 Å². The van der Waals surface area contributed by atoms with Gasteiger partial charge in [0, 0.05) is 17.2 Å². The van der Waals surface area contributed by atoms with Gasteiger partial charge in [0.1, 0.15) is 17.7 Å². The van der Waals surface area contributed by atoms with E-state index in [9.17, 15) is 9.59 Å². The molecule has 1 aromatic carbocycles. The first-order chi connectivity index (χ1) is 9.93. The van der Waals surface area contributed by atoms with Crippen molar-refractivity contribution in [3.8, 4) is 6.07 Å². The van der Waals surface area contributed by atoms with E-state index in [4.69, 9.17) is 10.4 Å². The molecule has 0 aliphatic heterocycles. The van der Waals surface area contributed by atoms with Crippen LogP contribution in [0.1, 0.15) is 12.5 Å². The lowest BCUT2D eigenvalue weighted by molar-refractivity contribution is -0.140. The van der Waals surface area contributed by atoms with Gasteiger partial charge in [-0.3, -0.25) is 9.59 Å². The number of halogens is 1. The highest BCUT2D eigenvalue weighted by molar-refractivity contribution is 9.10. The van der Waals surface area contributed by atoms with E-state index < -0.39 is 17.9 Å². The molecule has 1 unspecified atom stereocenters. The van der Waals surface area contributed by atoms with E-state index >= 15 is 0 Å². The lowest BCUT2D eigenvalue weighted by Crippen LogP contribution is -2.39. The second-order valence-electron chi connectivity index (χ2n) is 4.21. The Bertz CT molecular complexity index is 608. The third-order valence-electron chi connectivity index (χ3n) is 2.52. The summed E-state index contributed by atoms with van der Waals surface area (Å²) >= 11 is 3.35. The monoisotopic (exact) mass is 351 g/mol. The zero-order valence-corrected chi connectivity index (χ0v) is 12.8. The molecule has 0 spiro atoms.